The minimum atomic E-state index is -0.207. The molecule has 1 aromatic rings. The lowest BCUT2D eigenvalue weighted by Crippen LogP contribution is -2.25. The Labute approximate surface area is 100 Å². The van der Waals surface area contributed by atoms with Crippen LogP contribution in [-0.2, 0) is 11.3 Å². The van der Waals surface area contributed by atoms with Crippen molar-refractivity contribution in [2.24, 2.45) is 11.7 Å². The molecule has 1 heterocycles. The normalized spacial score (nSPS) is 20.1. The molecule has 0 aliphatic carbocycles. The van der Waals surface area contributed by atoms with Gasteiger partial charge >= 0.3 is 0 Å². The van der Waals surface area contributed by atoms with Gasteiger partial charge in [-0.05, 0) is 36.6 Å². The van der Waals surface area contributed by atoms with Crippen LogP contribution in [0.2, 0.25) is 0 Å². The summed E-state index contributed by atoms with van der Waals surface area (Å²) >= 11 is 0. The summed E-state index contributed by atoms with van der Waals surface area (Å²) in [7, 11) is 0. The van der Waals surface area contributed by atoms with E-state index in [1.807, 2.05) is 0 Å². The molecular weight excluding hydrogens is 219 g/mol. The largest absolute Gasteiger partial charge is 0.338 e. The maximum atomic E-state index is 13.1. The van der Waals surface area contributed by atoms with Gasteiger partial charge in [0.1, 0.15) is 5.82 Å². The molecule has 1 unspecified atom stereocenters. The van der Waals surface area contributed by atoms with Crippen molar-refractivity contribution in [3.63, 3.8) is 0 Å². The smallest absolute Gasteiger partial charge is 0.223 e. The third kappa shape index (κ3) is 2.64. The van der Waals surface area contributed by atoms with Gasteiger partial charge in [0.25, 0.3) is 0 Å². The summed E-state index contributed by atoms with van der Waals surface area (Å²) in [5.41, 5.74) is 7.15. The quantitative estimate of drug-likeness (QED) is 0.863. The number of nitrogens with two attached hydrogens (primary N) is 1. The molecule has 1 aliphatic heterocycles. The minimum Gasteiger partial charge on any atom is -0.338 e. The zero-order valence-corrected chi connectivity index (χ0v) is 9.95. The molecule has 0 bridgehead atoms. The summed E-state index contributed by atoms with van der Waals surface area (Å²) in [6.07, 6.45) is 0.538. The van der Waals surface area contributed by atoms with E-state index in [4.69, 9.17) is 5.73 Å². The Morgan fingerprint density at radius 3 is 2.88 bits per heavy atom. The lowest BCUT2D eigenvalue weighted by Gasteiger charge is -2.16. The first-order valence-corrected chi connectivity index (χ1v) is 5.83. The summed E-state index contributed by atoms with van der Waals surface area (Å²) in [4.78, 5) is 13.5. The summed E-state index contributed by atoms with van der Waals surface area (Å²) < 4.78 is 13.1. The van der Waals surface area contributed by atoms with Crippen LogP contribution in [0.4, 0.5) is 4.39 Å². The number of benzene rings is 1. The Morgan fingerprint density at radius 1 is 1.53 bits per heavy atom. The molecule has 1 amide bonds. The number of carbonyl (C=O) groups is 1. The zero-order valence-electron chi connectivity index (χ0n) is 9.95. The van der Waals surface area contributed by atoms with Gasteiger partial charge in [-0.1, -0.05) is 12.1 Å². The molecule has 17 heavy (non-hydrogen) atoms. The average Bonchev–Trinajstić information content (AvgIpc) is 2.65. The van der Waals surface area contributed by atoms with E-state index in [2.05, 4.69) is 0 Å². The molecule has 1 fully saturated rings. The van der Waals surface area contributed by atoms with Gasteiger partial charge in [0, 0.05) is 19.5 Å². The molecule has 1 atom stereocenters. The monoisotopic (exact) mass is 236 g/mol. The highest BCUT2D eigenvalue weighted by atomic mass is 19.1. The van der Waals surface area contributed by atoms with Crippen molar-refractivity contribution in [2.75, 3.05) is 13.1 Å². The van der Waals surface area contributed by atoms with Crippen LogP contribution >= 0.6 is 0 Å². The van der Waals surface area contributed by atoms with Gasteiger partial charge in [0.05, 0.1) is 0 Å². The highest BCUT2D eigenvalue weighted by Crippen LogP contribution is 2.20. The molecule has 1 saturated heterocycles. The van der Waals surface area contributed by atoms with E-state index in [0.29, 0.717) is 31.6 Å². The number of carbonyl (C=O) groups excluding carboxylic acids is 1. The molecule has 4 heteroatoms. The number of amides is 1. The van der Waals surface area contributed by atoms with Crippen molar-refractivity contribution in [2.45, 2.75) is 19.9 Å². The highest BCUT2D eigenvalue weighted by molar-refractivity contribution is 5.78. The summed E-state index contributed by atoms with van der Waals surface area (Å²) in [6, 6.07) is 4.97. The summed E-state index contributed by atoms with van der Waals surface area (Å²) in [5, 5.41) is 0. The van der Waals surface area contributed by atoms with Crippen LogP contribution in [-0.4, -0.2) is 23.9 Å². The third-order valence-electron chi connectivity index (χ3n) is 3.22. The third-order valence-corrected chi connectivity index (χ3v) is 3.22. The molecule has 0 radical (unpaired) electrons. The van der Waals surface area contributed by atoms with E-state index in [9.17, 15) is 9.18 Å². The van der Waals surface area contributed by atoms with Crippen LogP contribution < -0.4 is 5.73 Å². The molecule has 0 spiro atoms. The first-order chi connectivity index (χ1) is 8.10. The maximum Gasteiger partial charge on any atom is 0.223 e. The lowest BCUT2D eigenvalue weighted by atomic mass is 10.1. The van der Waals surface area contributed by atoms with Gasteiger partial charge in [0.15, 0.2) is 0 Å². The summed E-state index contributed by atoms with van der Waals surface area (Å²) in [6.45, 7) is 3.54. The fourth-order valence-corrected chi connectivity index (χ4v) is 2.19. The second-order valence-corrected chi connectivity index (χ2v) is 4.66. The van der Waals surface area contributed by atoms with Gasteiger partial charge < -0.3 is 10.6 Å². The topological polar surface area (TPSA) is 46.3 Å². The number of hydrogen-bond donors (Lipinski definition) is 1. The van der Waals surface area contributed by atoms with Crippen molar-refractivity contribution in [1.82, 2.24) is 4.90 Å². The average molecular weight is 236 g/mol. The predicted octanol–water partition coefficient (Wildman–Crippen LogP) is 1.44. The predicted molar refractivity (Wildman–Crippen MR) is 63.7 cm³/mol. The van der Waals surface area contributed by atoms with Crippen LogP contribution in [0.5, 0.6) is 0 Å². The first-order valence-electron chi connectivity index (χ1n) is 5.83. The Kier molecular flexibility index (Phi) is 3.43. The van der Waals surface area contributed by atoms with Crippen LogP contribution in [0.15, 0.2) is 18.2 Å². The van der Waals surface area contributed by atoms with Crippen molar-refractivity contribution in [3.8, 4) is 0 Å². The molecule has 0 saturated carbocycles. The molecule has 1 aliphatic rings. The molecule has 2 N–H and O–H groups in total. The molecule has 0 aromatic heterocycles. The lowest BCUT2D eigenvalue weighted by molar-refractivity contribution is -0.128. The van der Waals surface area contributed by atoms with Crippen LogP contribution in [0.3, 0.4) is 0 Å². The van der Waals surface area contributed by atoms with E-state index >= 15 is 0 Å². The second kappa shape index (κ2) is 4.84. The zero-order chi connectivity index (χ0) is 12.4. The van der Waals surface area contributed by atoms with E-state index in [1.165, 1.54) is 6.07 Å². The van der Waals surface area contributed by atoms with Gasteiger partial charge in [-0.15, -0.1) is 0 Å². The van der Waals surface area contributed by atoms with Crippen molar-refractivity contribution in [3.05, 3.63) is 35.1 Å². The van der Waals surface area contributed by atoms with Crippen molar-refractivity contribution < 1.29 is 9.18 Å². The number of likely N-dealkylation sites (tertiary alicyclic amines) is 1. The minimum absolute atomic E-state index is 0.141. The van der Waals surface area contributed by atoms with E-state index < -0.39 is 0 Å². The Bertz CT molecular complexity index is 433. The Morgan fingerprint density at radius 2 is 2.29 bits per heavy atom. The Balaban J connectivity index is 2.06. The van der Waals surface area contributed by atoms with Crippen molar-refractivity contribution >= 4 is 5.91 Å². The van der Waals surface area contributed by atoms with Gasteiger partial charge in [-0.25, -0.2) is 4.39 Å². The second-order valence-electron chi connectivity index (χ2n) is 4.66. The fraction of sp³-hybridized carbons (Fsp3) is 0.462. The van der Waals surface area contributed by atoms with Crippen LogP contribution in [0, 0.1) is 18.7 Å². The fourth-order valence-electron chi connectivity index (χ4n) is 2.19. The first kappa shape index (κ1) is 12.0. The van der Waals surface area contributed by atoms with E-state index in [0.717, 1.165) is 5.56 Å². The van der Waals surface area contributed by atoms with E-state index in [-0.39, 0.29) is 17.6 Å². The number of nitrogens with zero attached hydrogens (tertiary/aromatic N) is 1. The Hall–Kier alpha value is -1.42. The number of rotatable bonds is 3. The standard InChI is InChI=1S/C13H17FN2O/c1-9-4-10(2-3-12(9)14)7-16-8-11(6-15)5-13(16)17/h2-4,11H,5-8,15H2,1H3. The van der Waals surface area contributed by atoms with Crippen molar-refractivity contribution in [1.29, 1.82) is 0 Å². The van der Waals surface area contributed by atoms with Crippen LogP contribution in [0.25, 0.3) is 0 Å². The SMILES string of the molecule is Cc1cc(CN2CC(CN)CC2=O)ccc1F. The summed E-state index contributed by atoms with van der Waals surface area (Å²) in [5.74, 6) is 0.202. The molecule has 92 valence electrons. The highest BCUT2D eigenvalue weighted by Gasteiger charge is 2.28. The molecular formula is C13H17FN2O. The molecule has 2 rings (SSSR count). The van der Waals surface area contributed by atoms with Gasteiger partial charge in [-0.2, -0.15) is 0 Å². The number of hydrogen-bond acceptors (Lipinski definition) is 2. The number of halogens is 1. The molecule has 3 nitrogen and oxygen atoms in total. The van der Waals surface area contributed by atoms with Gasteiger partial charge in [-0.3, -0.25) is 4.79 Å². The number of aryl methyl sites for hydroxylation is 1. The van der Waals surface area contributed by atoms with Gasteiger partial charge in [0.2, 0.25) is 5.91 Å². The van der Waals surface area contributed by atoms with Crippen LogP contribution in [0.1, 0.15) is 17.5 Å². The maximum absolute atomic E-state index is 13.1. The van der Waals surface area contributed by atoms with E-state index in [1.54, 1.807) is 24.0 Å². The molecule has 1 aromatic carbocycles.